The molecule has 2 nitrogen and oxygen atoms in total. The molecule has 0 bridgehead atoms. The lowest BCUT2D eigenvalue weighted by Crippen LogP contribution is -2.41. The minimum atomic E-state index is 0.230. The standard InChI is InChI=1S/C7H13NO/c1-5-3-8-4-6(2)7(5)9/h5-6,8H,3-4H2,1-2H3/t5-,6+. The van der Waals surface area contributed by atoms with Crippen LogP contribution >= 0.6 is 0 Å². The van der Waals surface area contributed by atoms with Gasteiger partial charge in [0.15, 0.2) is 0 Å². The Morgan fingerprint density at radius 2 is 1.78 bits per heavy atom. The summed E-state index contributed by atoms with van der Waals surface area (Å²) >= 11 is 0. The molecule has 1 N–H and O–H groups in total. The van der Waals surface area contributed by atoms with Gasteiger partial charge in [-0.3, -0.25) is 4.79 Å². The SMILES string of the molecule is C[C@@H]1CNC[C@H](C)C1=O. The molecule has 0 spiro atoms. The van der Waals surface area contributed by atoms with Gasteiger partial charge in [-0.25, -0.2) is 0 Å². The van der Waals surface area contributed by atoms with Crippen LogP contribution in [0.4, 0.5) is 0 Å². The van der Waals surface area contributed by atoms with Crippen LogP contribution in [0.1, 0.15) is 13.8 Å². The van der Waals surface area contributed by atoms with Gasteiger partial charge in [0.2, 0.25) is 0 Å². The van der Waals surface area contributed by atoms with Crippen LogP contribution in [0.15, 0.2) is 0 Å². The highest BCUT2D eigenvalue weighted by atomic mass is 16.1. The molecule has 2 atom stereocenters. The van der Waals surface area contributed by atoms with Crippen LogP contribution in [0.2, 0.25) is 0 Å². The molecule has 1 aliphatic heterocycles. The minimum Gasteiger partial charge on any atom is -0.315 e. The summed E-state index contributed by atoms with van der Waals surface area (Å²) in [6.45, 7) is 5.68. The largest absolute Gasteiger partial charge is 0.315 e. The number of carbonyl (C=O) groups excluding carboxylic acids is 1. The number of piperidine rings is 1. The molecule has 1 saturated heterocycles. The Balaban J connectivity index is 2.52. The Kier molecular flexibility index (Phi) is 1.86. The summed E-state index contributed by atoms with van der Waals surface area (Å²) in [7, 11) is 0. The summed E-state index contributed by atoms with van der Waals surface area (Å²) in [6.07, 6.45) is 0. The van der Waals surface area contributed by atoms with E-state index in [4.69, 9.17) is 0 Å². The van der Waals surface area contributed by atoms with E-state index in [-0.39, 0.29) is 11.8 Å². The van der Waals surface area contributed by atoms with Crippen molar-refractivity contribution >= 4 is 5.78 Å². The maximum Gasteiger partial charge on any atom is 0.141 e. The van der Waals surface area contributed by atoms with Crippen molar-refractivity contribution in [3.8, 4) is 0 Å². The third kappa shape index (κ3) is 1.30. The van der Waals surface area contributed by atoms with E-state index in [2.05, 4.69) is 5.32 Å². The Morgan fingerprint density at radius 3 is 2.11 bits per heavy atom. The Hall–Kier alpha value is -0.370. The summed E-state index contributed by atoms with van der Waals surface area (Å²) < 4.78 is 0. The van der Waals surface area contributed by atoms with Crippen molar-refractivity contribution in [3.63, 3.8) is 0 Å². The average Bonchev–Trinajstić information content (AvgIpc) is 1.83. The van der Waals surface area contributed by atoms with E-state index >= 15 is 0 Å². The predicted molar refractivity (Wildman–Crippen MR) is 36.2 cm³/mol. The van der Waals surface area contributed by atoms with Crippen molar-refractivity contribution < 1.29 is 4.79 Å². The van der Waals surface area contributed by atoms with Crippen molar-refractivity contribution in [2.24, 2.45) is 11.8 Å². The number of hydrogen-bond donors (Lipinski definition) is 1. The van der Waals surface area contributed by atoms with Crippen molar-refractivity contribution in [2.75, 3.05) is 13.1 Å². The first kappa shape index (κ1) is 6.75. The van der Waals surface area contributed by atoms with E-state index < -0.39 is 0 Å². The summed E-state index contributed by atoms with van der Waals surface area (Å²) in [5.74, 6) is 0.872. The van der Waals surface area contributed by atoms with E-state index in [9.17, 15) is 4.79 Å². The highest BCUT2D eigenvalue weighted by Gasteiger charge is 2.23. The fraction of sp³-hybridized carbons (Fsp3) is 0.857. The van der Waals surface area contributed by atoms with Crippen molar-refractivity contribution in [1.29, 1.82) is 0 Å². The smallest absolute Gasteiger partial charge is 0.141 e. The van der Waals surface area contributed by atoms with Gasteiger partial charge >= 0.3 is 0 Å². The van der Waals surface area contributed by atoms with Crippen molar-refractivity contribution in [3.05, 3.63) is 0 Å². The maximum atomic E-state index is 11.1. The number of ketones is 1. The van der Waals surface area contributed by atoms with Gasteiger partial charge in [0.1, 0.15) is 5.78 Å². The predicted octanol–water partition coefficient (Wildman–Crippen LogP) is 0.431. The molecule has 1 heterocycles. The van der Waals surface area contributed by atoms with Gasteiger partial charge in [-0.2, -0.15) is 0 Å². The van der Waals surface area contributed by atoms with Crippen molar-refractivity contribution in [2.45, 2.75) is 13.8 Å². The lowest BCUT2D eigenvalue weighted by Gasteiger charge is -2.22. The highest BCUT2D eigenvalue weighted by Crippen LogP contribution is 2.09. The van der Waals surface area contributed by atoms with E-state index in [0.29, 0.717) is 5.78 Å². The second-order valence-corrected chi connectivity index (χ2v) is 2.86. The first-order valence-corrected chi connectivity index (χ1v) is 3.46. The van der Waals surface area contributed by atoms with Gasteiger partial charge in [0.25, 0.3) is 0 Å². The average molecular weight is 127 g/mol. The van der Waals surface area contributed by atoms with E-state index in [1.165, 1.54) is 0 Å². The zero-order valence-electron chi connectivity index (χ0n) is 5.98. The van der Waals surface area contributed by atoms with Crippen molar-refractivity contribution in [1.82, 2.24) is 5.32 Å². The molecule has 52 valence electrons. The Morgan fingerprint density at radius 1 is 1.33 bits per heavy atom. The summed E-state index contributed by atoms with van der Waals surface area (Å²) in [4.78, 5) is 11.1. The van der Waals surface area contributed by atoms with Gasteiger partial charge in [-0.15, -0.1) is 0 Å². The zero-order valence-corrected chi connectivity index (χ0v) is 5.98. The Labute approximate surface area is 55.6 Å². The van der Waals surface area contributed by atoms with E-state index in [0.717, 1.165) is 13.1 Å². The van der Waals surface area contributed by atoms with Gasteiger partial charge < -0.3 is 5.32 Å². The van der Waals surface area contributed by atoms with Crippen LogP contribution < -0.4 is 5.32 Å². The normalized spacial score (nSPS) is 36.9. The molecule has 0 radical (unpaired) electrons. The number of carbonyl (C=O) groups is 1. The molecule has 2 heteroatoms. The number of nitrogens with one attached hydrogen (secondary N) is 1. The van der Waals surface area contributed by atoms with Crippen LogP contribution in [0.3, 0.4) is 0 Å². The number of Topliss-reactive ketones (excluding diaryl/α,β-unsaturated/α-hetero) is 1. The minimum absolute atomic E-state index is 0.230. The highest BCUT2D eigenvalue weighted by molar-refractivity contribution is 5.83. The van der Waals surface area contributed by atoms with Gasteiger partial charge in [0, 0.05) is 24.9 Å². The molecule has 1 fully saturated rings. The molecule has 1 rings (SSSR count). The van der Waals surface area contributed by atoms with Crippen LogP contribution in [-0.4, -0.2) is 18.9 Å². The maximum absolute atomic E-state index is 11.1. The van der Waals surface area contributed by atoms with Gasteiger partial charge in [0.05, 0.1) is 0 Å². The Bertz CT molecular complexity index is 110. The summed E-state index contributed by atoms with van der Waals surface area (Å²) in [5.41, 5.74) is 0. The molecule has 0 aromatic heterocycles. The molecular formula is C7H13NO. The first-order valence-electron chi connectivity index (χ1n) is 3.46. The fourth-order valence-electron chi connectivity index (χ4n) is 1.20. The van der Waals surface area contributed by atoms with Crippen LogP contribution in [0, 0.1) is 11.8 Å². The summed E-state index contributed by atoms with van der Waals surface area (Å²) in [5, 5.41) is 3.19. The monoisotopic (exact) mass is 127 g/mol. The third-order valence-corrected chi connectivity index (χ3v) is 1.87. The number of rotatable bonds is 0. The topological polar surface area (TPSA) is 29.1 Å². The lowest BCUT2D eigenvalue weighted by molar-refractivity contribution is -0.127. The molecular weight excluding hydrogens is 114 g/mol. The van der Waals surface area contributed by atoms with E-state index in [1.54, 1.807) is 0 Å². The third-order valence-electron chi connectivity index (χ3n) is 1.87. The molecule has 9 heavy (non-hydrogen) atoms. The molecule has 0 amide bonds. The van der Waals surface area contributed by atoms with Crippen LogP contribution in [0.25, 0.3) is 0 Å². The number of hydrogen-bond acceptors (Lipinski definition) is 2. The molecule has 0 aromatic carbocycles. The van der Waals surface area contributed by atoms with Gasteiger partial charge in [-0.05, 0) is 0 Å². The summed E-state index contributed by atoms with van der Waals surface area (Å²) in [6, 6.07) is 0. The molecule has 1 aliphatic rings. The second kappa shape index (κ2) is 2.48. The lowest BCUT2D eigenvalue weighted by atomic mass is 9.92. The zero-order chi connectivity index (χ0) is 6.85. The molecule has 0 unspecified atom stereocenters. The van der Waals surface area contributed by atoms with Crippen LogP contribution in [0.5, 0.6) is 0 Å². The molecule has 0 aliphatic carbocycles. The molecule has 0 saturated carbocycles. The van der Waals surface area contributed by atoms with Gasteiger partial charge in [-0.1, -0.05) is 13.8 Å². The molecule has 0 aromatic rings. The first-order chi connectivity index (χ1) is 4.22. The second-order valence-electron chi connectivity index (χ2n) is 2.86. The quantitative estimate of drug-likeness (QED) is 0.511. The van der Waals surface area contributed by atoms with E-state index in [1.807, 2.05) is 13.8 Å². The fourth-order valence-corrected chi connectivity index (χ4v) is 1.20. The van der Waals surface area contributed by atoms with Crippen LogP contribution in [-0.2, 0) is 4.79 Å².